The van der Waals surface area contributed by atoms with Crippen LogP contribution < -0.4 is 0 Å². The minimum absolute atomic E-state index is 0.0985. The molecule has 1 unspecified atom stereocenters. The first-order chi connectivity index (χ1) is 10.1. The number of hydrogen-bond donors (Lipinski definition) is 0. The summed E-state index contributed by atoms with van der Waals surface area (Å²) in [6, 6.07) is 4.36. The summed E-state index contributed by atoms with van der Waals surface area (Å²) >= 11 is 2.02. The normalized spacial score (nSPS) is 21.2. The van der Waals surface area contributed by atoms with Gasteiger partial charge in [-0.15, -0.1) is 0 Å². The average molecular weight is 397 g/mol. The van der Waals surface area contributed by atoms with Crippen molar-refractivity contribution >= 4 is 28.4 Å². The highest BCUT2D eigenvalue weighted by atomic mass is 127. The number of ketones is 1. The zero-order valence-corrected chi connectivity index (χ0v) is 13.8. The summed E-state index contributed by atoms with van der Waals surface area (Å²) in [5.41, 5.74) is 2.12. The molecular formula is C17H17FINO. The van der Waals surface area contributed by atoms with Gasteiger partial charge in [-0.2, -0.15) is 0 Å². The predicted octanol–water partition coefficient (Wildman–Crippen LogP) is 3.82. The Labute approximate surface area is 137 Å². The molecule has 0 spiro atoms. The molecule has 0 saturated carbocycles. The van der Waals surface area contributed by atoms with Crippen LogP contribution in [0.2, 0.25) is 0 Å². The quantitative estimate of drug-likeness (QED) is 0.569. The van der Waals surface area contributed by atoms with E-state index in [1.54, 1.807) is 6.07 Å². The summed E-state index contributed by atoms with van der Waals surface area (Å²) in [5, 5.41) is 0. The Bertz CT molecular complexity index is 623. The van der Waals surface area contributed by atoms with Gasteiger partial charge in [0.25, 0.3) is 0 Å². The van der Waals surface area contributed by atoms with Crippen LogP contribution in [0.1, 0.15) is 23.2 Å². The number of halogens is 2. The summed E-state index contributed by atoms with van der Waals surface area (Å²) in [6.07, 6.45) is 8.16. The van der Waals surface area contributed by atoms with E-state index in [2.05, 4.69) is 23.1 Å². The molecule has 110 valence electrons. The number of carbonyl (C=O) groups is 1. The topological polar surface area (TPSA) is 20.3 Å². The van der Waals surface area contributed by atoms with E-state index in [1.807, 2.05) is 22.6 Å². The van der Waals surface area contributed by atoms with Crippen molar-refractivity contribution in [1.82, 2.24) is 4.90 Å². The van der Waals surface area contributed by atoms with Crippen LogP contribution in [0.4, 0.5) is 4.39 Å². The Morgan fingerprint density at radius 1 is 1.43 bits per heavy atom. The van der Waals surface area contributed by atoms with Crippen molar-refractivity contribution in [2.45, 2.75) is 12.8 Å². The molecule has 1 aliphatic heterocycles. The van der Waals surface area contributed by atoms with Gasteiger partial charge in [-0.3, -0.25) is 9.69 Å². The minimum Gasteiger partial charge on any atom is -0.298 e. The van der Waals surface area contributed by atoms with Crippen molar-refractivity contribution in [3.63, 3.8) is 0 Å². The van der Waals surface area contributed by atoms with Crippen LogP contribution in [0.3, 0.4) is 0 Å². The van der Waals surface area contributed by atoms with E-state index in [0.717, 1.165) is 26.1 Å². The Morgan fingerprint density at radius 3 is 3.05 bits per heavy atom. The highest BCUT2D eigenvalue weighted by Gasteiger charge is 2.27. The molecule has 1 atom stereocenters. The number of allylic oxidation sites excluding steroid dienone is 3. The standard InChI is InChI=1S/C17H17FINO/c18-14-5-6-15(16(19)9-14)17(21)7-8-20-10-12-3-1-2-4-13(12)11-20/h1-3,5-6,9,13H,4,7-8,10-11H2. The van der Waals surface area contributed by atoms with Crippen LogP contribution in [0.25, 0.3) is 0 Å². The molecule has 0 amide bonds. The smallest absolute Gasteiger partial charge is 0.165 e. The molecule has 1 heterocycles. The number of nitrogens with zero attached hydrogens (tertiary/aromatic N) is 1. The molecule has 0 aromatic heterocycles. The van der Waals surface area contributed by atoms with E-state index in [0.29, 0.717) is 21.5 Å². The maximum atomic E-state index is 13.1. The second-order valence-corrected chi connectivity index (χ2v) is 6.80. The number of hydrogen-bond acceptors (Lipinski definition) is 2. The van der Waals surface area contributed by atoms with Gasteiger partial charge in [0.15, 0.2) is 5.78 Å². The number of rotatable bonds is 4. The number of carbonyl (C=O) groups excluding carboxylic acids is 1. The van der Waals surface area contributed by atoms with Gasteiger partial charge < -0.3 is 0 Å². The third-order valence-electron chi connectivity index (χ3n) is 4.16. The van der Waals surface area contributed by atoms with E-state index in [-0.39, 0.29) is 11.6 Å². The molecule has 3 rings (SSSR count). The van der Waals surface area contributed by atoms with Crippen molar-refractivity contribution in [2.24, 2.45) is 5.92 Å². The lowest BCUT2D eigenvalue weighted by molar-refractivity contribution is 0.0967. The van der Waals surface area contributed by atoms with E-state index >= 15 is 0 Å². The number of Topliss-reactive ketones (excluding diaryl/α,β-unsaturated/α-hetero) is 1. The maximum Gasteiger partial charge on any atom is 0.165 e. The Morgan fingerprint density at radius 2 is 2.29 bits per heavy atom. The van der Waals surface area contributed by atoms with Crippen molar-refractivity contribution in [3.05, 3.63) is 57.0 Å². The van der Waals surface area contributed by atoms with Gasteiger partial charge in [-0.25, -0.2) is 4.39 Å². The van der Waals surface area contributed by atoms with Crippen LogP contribution in [0.15, 0.2) is 42.0 Å². The predicted molar refractivity (Wildman–Crippen MR) is 89.8 cm³/mol. The lowest BCUT2D eigenvalue weighted by Crippen LogP contribution is -2.24. The molecule has 1 aliphatic carbocycles. The maximum absolute atomic E-state index is 13.1. The fourth-order valence-corrected chi connectivity index (χ4v) is 3.79. The summed E-state index contributed by atoms with van der Waals surface area (Å²) in [6.45, 7) is 2.80. The van der Waals surface area contributed by atoms with Crippen molar-refractivity contribution in [3.8, 4) is 0 Å². The van der Waals surface area contributed by atoms with Gasteiger partial charge in [0.1, 0.15) is 5.82 Å². The molecule has 2 aliphatic rings. The monoisotopic (exact) mass is 397 g/mol. The summed E-state index contributed by atoms with van der Waals surface area (Å²) < 4.78 is 13.8. The zero-order chi connectivity index (χ0) is 14.8. The first-order valence-electron chi connectivity index (χ1n) is 7.19. The van der Waals surface area contributed by atoms with Crippen molar-refractivity contribution < 1.29 is 9.18 Å². The number of fused-ring (bicyclic) bond motifs is 1. The van der Waals surface area contributed by atoms with E-state index in [9.17, 15) is 9.18 Å². The first-order valence-corrected chi connectivity index (χ1v) is 8.27. The number of benzene rings is 1. The second kappa shape index (κ2) is 6.40. The molecule has 1 aromatic rings. The van der Waals surface area contributed by atoms with Crippen LogP contribution in [-0.2, 0) is 0 Å². The van der Waals surface area contributed by atoms with Crippen LogP contribution in [0.5, 0.6) is 0 Å². The molecule has 21 heavy (non-hydrogen) atoms. The molecular weight excluding hydrogens is 380 g/mol. The van der Waals surface area contributed by atoms with Gasteiger partial charge in [0, 0.05) is 35.2 Å². The van der Waals surface area contributed by atoms with Gasteiger partial charge >= 0.3 is 0 Å². The molecule has 2 nitrogen and oxygen atoms in total. The Hall–Kier alpha value is -1.01. The van der Waals surface area contributed by atoms with Crippen molar-refractivity contribution in [2.75, 3.05) is 19.6 Å². The second-order valence-electron chi connectivity index (χ2n) is 5.63. The minimum atomic E-state index is -0.293. The zero-order valence-electron chi connectivity index (χ0n) is 11.7. The fraction of sp³-hybridized carbons (Fsp3) is 0.353. The highest BCUT2D eigenvalue weighted by Crippen LogP contribution is 2.28. The lowest BCUT2D eigenvalue weighted by Gasteiger charge is -2.14. The summed E-state index contributed by atoms with van der Waals surface area (Å²) in [5.74, 6) is 0.441. The third kappa shape index (κ3) is 3.43. The lowest BCUT2D eigenvalue weighted by atomic mass is 9.95. The SMILES string of the molecule is O=C(CCN1CC2=CC=CCC2C1)c1ccc(F)cc1I. The molecule has 1 aromatic carbocycles. The molecule has 0 radical (unpaired) electrons. The van der Waals surface area contributed by atoms with Crippen molar-refractivity contribution in [1.29, 1.82) is 0 Å². The summed E-state index contributed by atoms with van der Waals surface area (Å²) in [4.78, 5) is 14.6. The molecule has 0 N–H and O–H groups in total. The van der Waals surface area contributed by atoms with Gasteiger partial charge in [0.05, 0.1) is 0 Å². The van der Waals surface area contributed by atoms with Gasteiger partial charge in [0.2, 0.25) is 0 Å². The molecule has 1 saturated heterocycles. The van der Waals surface area contributed by atoms with E-state index < -0.39 is 0 Å². The Balaban J connectivity index is 1.57. The number of likely N-dealkylation sites (tertiary alicyclic amines) is 1. The third-order valence-corrected chi connectivity index (χ3v) is 5.06. The van der Waals surface area contributed by atoms with E-state index in [1.165, 1.54) is 17.7 Å². The van der Waals surface area contributed by atoms with Gasteiger partial charge in [-0.1, -0.05) is 23.8 Å². The Kier molecular flexibility index (Phi) is 4.54. The van der Waals surface area contributed by atoms with Crippen LogP contribution in [-0.4, -0.2) is 30.3 Å². The molecule has 1 fully saturated rings. The molecule has 4 heteroatoms. The van der Waals surface area contributed by atoms with Crippen LogP contribution in [0, 0.1) is 15.3 Å². The summed E-state index contributed by atoms with van der Waals surface area (Å²) in [7, 11) is 0. The van der Waals surface area contributed by atoms with Crippen LogP contribution >= 0.6 is 22.6 Å². The largest absolute Gasteiger partial charge is 0.298 e. The highest BCUT2D eigenvalue weighted by molar-refractivity contribution is 14.1. The molecule has 0 bridgehead atoms. The average Bonchev–Trinajstić information content (AvgIpc) is 2.87. The van der Waals surface area contributed by atoms with Gasteiger partial charge in [-0.05, 0) is 53.1 Å². The first kappa shape index (κ1) is 14.9. The fourth-order valence-electron chi connectivity index (χ4n) is 3.01. The van der Waals surface area contributed by atoms with E-state index in [4.69, 9.17) is 0 Å².